The van der Waals surface area contributed by atoms with Crippen molar-refractivity contribution in [3.05, 3.63) is 71.1 Å². The molecule has 0 bridgehead atoms. The zero-order valence-electron chi connectivity index (χ0n) is 15.0. The molecule has 0 radical (unpaired) electrons. The lowest BCUT2D eigenvalue weighted by atomic mass is 10.0. The van der Waals surface area contributed by atoms with E-state index in [0.717, 1.165) is 41.2 Å². The number of anilines is 1. The molecule has 0 amide bonds. The van der Waals surface area contributed by atoms with Gasteiger partial charge in [-0.25, -0.2) is 9.99 Å². The van der Waals surface area contributed by atoms with Gasteiger partial charge < -0.3 is 0 Å². The van der Waals surface area contributed by atoms with Gasteiger partial charge in [-0.3, -0.25) is 0 Å². The minimum Gasteiger partial charge on any atom is -0.234 e. The Kier molecular flexibility index (Phi) is 6.30. The van der Waals surface area contributed by atoms with Gasteiger partial charge in [-0.15, -0.1) is 0 Å². The first-order chi connectivity index (χ1) is 11.6. The molecule has 1 aliphatic rings. The van der Waals surface area contributed by atoms with Crippen LogP contribution in [0.1, 0.15) is 45.2 Å². The van der Waals surface area contributed by atoms with Crippen LogP contribution >= 0.6 is 0 Å². The Hall–Kier alpha value is -2.42. The molecule has 0 aromatic carbocycles. The fourth-order valence-corrected chi connectivity index (χ4v) is 2.96. The molecular formula is C21H27N3. The summed E-state index contributed by atoms with van der Waals surface area (Å²) in [4.78, 5) is 4.64. The first-order valence-electron chi connectivity index (χ1n) is 8.49. The summed E-state index contributed by atoms with van der Waals surface area (Å²) in [6.07, 6.45) is 10.9. The summed E-state index contributed by atoms with van der Waals surface area (Å²) < 4.78 is 0. The lowest BCUT2D eigenvalue weighted by Crippen LogP contribution is -2.19. The summed E-state index contributed by atoms with van der Waals surface area (Å²) in [5.41, 5.74) is 5.66. The molecule has 0 unspecified atom stereocenters. The van der Waals surface area contributed by atoms with Gasteiger partial charge in [-0.1, -0.05) is 36.4 Å². The van der Waals surface area contributed by atoms with Crippen LogP contribution < -0.4 is 5.01 Å². The van der Waals surface area contributed by atoms with Gasteiger partial charge in [0.2, 0.25) is 0 Å². The Morgan fingerprint density at radius 3 is 2.50 bits per heavy atom. The number of hydrazone groups is 1. The third-order valence-corrected chi connectivity index (χ3v) is 4.12. The quantitative estimate of drug-likeness (QED) is 0.381. The maximum absolute atomic E-state index is 4.64. The summed E-state index contributed by atoms with van der Waals surface area (Å²) in [7, 11) is 0. The third-order valence-electron chi connectivity index (χ3n) is 4.12. The number of nitrogens with zero attached hydrogens (tertiary/aromatic N) is 3. The highest BCUT2D eigenvalue weighted by Crippen LogP contribution is 2.34. The standard InChI is InChI=1S/C21H27N3/c1-6-18(15-14-16(2)3)21(19-11-7-8-12-19)24(22-5)20-13-9-10-17(4)23-20/h6,9-10,13-15H,2,5,7-8,11-12H2,1,3-4H3/b15-14-,18-6+. The fourth-order valence-electron chi connectivity index (χ4n) is 2.96. The van der Waals surface area contributed by atoms with Crippen molar-refractivity contribution in [2.45, 2.75) is 46.5 Å². The van der Waals surface area contributed by atoms with E-state index < -0.39 is 0 Å². The van der Waals surface area contributed by atoms with Crippen molar-refractivity contribution in [2.24, 2.45) is 5.10 Å². The minimum atomic E-state index is 0.808. The molecular weight excluding hydrogens is 294 g/mol. The second kappa shape index (κ2) is 8.44. The largest absolute Gasteiger partial charge is 0.234 e. The van der Waals surface area contributed by atoms with Crippen LogP contribution in [0.3, 0.4) is 0 Å². The van der Waals surface area contributed by atoms with Crippen molar-refractivity contribution in [1.82, 2.24) is 4.98 Å². The first kappa shape index (κ1) is 17.9. The molecule has 1 saturated carbocycles. The van der Waals surface area contributed by atoms with Gasteiger partial charge in [0.1, 0.15) is 0 Å². The van der Waals surface area contributed by atoms with Crippen molar-refractivity contribution in [3.8, 4) is 0 Å². The molecule has 1 fully saturated rings. The van der Waals surface area contributed by atoms with Crippen molar-refractivity contribution < 1.29 is 0 Å². The van der Waals surface area contributed by atoms with E-state index in [4.69, 9.17) is 0 Å². The van der Waals surface area contributed by atoms with Crippen LogP contribution in [0.25, 0.3) is 0 Å². The summed E-state index contributed by atoms with van der Waals surface area (Å²) in [6, 6.07) is 5.98. The van der Waals surface area contributed by atoms with Crippen molar-refractivity contribution >= 4 is 12.5 Å². The number of hydrogen-bond donors (Lipinski definition) is 0. The van der Waals surface area contributed by atoms with Crippen LogP contribution in [-0.4, -0.2) is 11.7 Å². The number of hydrogen-bond acceptors (Lipinski definition) is 3. The molecule has 3 heteroatoms. The highest BCUT2D eigenvalue weighted by Gasteiger charge is 2.21. The molecule has 0 saturated heterocycles. The second-order valence-electron chi connectivity index (χ2n) is 6.17. The van der Waals surface area contributed by atoms with E-state index in [-0.39, 0.29) is 0 Å². The van der Waals surface area contributed by atoms with Crippen LogP contribution in [-0.2, 0) is 0 Å². The lowest BCUT2D eigenvalue weighted by Gasteiger charge is -2.24. The van der Waals surface area contributed by atoms with Gasteiger partial charge in [-0.2, -0.15) is 5.10 Å². The summed E-state index contributed by atoms with van der Waals surface area (Å²) in [5.74, 6) is 0.808. The van der Waals surface area contributed by atoms with Crippen molar-refractivity contribution in [2.75, 3.05) is 5.01 Å². The van der Waals surface area contributed by atoms with Gasteiger partial charge in [-0.05, 0) is 69.7 Å². The molecule has 1 heterocycles. The van der Waals surface area contributed by atoms with E-state index in [9.17, 15) is 0 Å². The van der Waals surface area contributed by atoms with Gasteiger partial charge in [0.15, 0.2) is 5.82 Å². The average Bonchev–Trinajstić information content (AvgIpc) is 3.08. The Labute approximate surface area is 145 Å². The lowest BCUT2D eigenvalue weighted by molar-refractivity contribution is 0.886. The van der Waals surface area contributed by atoms with Crippen molar-refractivity contribution in [1.29, 1.82) is 0 Å². The van der Waals surface area contributed by atoms with Gasteiger partial charge in [0.25, 0.3) is 0 Å². The fraction of sp³-hybridized carbons (Fsp3) is 0.333. The number of rotatable bonds is 6. The first-order valence-corrected chi connectivity index (χ1v) is 8.49. The van der Waals surface area contributed by atoms with Crippen LogP contribution in [0.5, 0.6) is 0 Å². The Bertz CT molecular complexity index is 700. The molecule has 0 spiro atoms. The molecule has 2 rings (SSSR count). The smallest absolute Gasteiger partial charge is 0.154 e. The van der Waals surface area contributed by atoms with E-state index in [1.807, 2.05) is 43.1 Å². The van der Waals surface area contributed by atoms with Gasteiger partial charge in [0, 0.05) is 12.4 Å². The maximum atomic E-state index is 4.64. The molecule has 3 nitrogen and oxygen atoms in total. The molecule has 0 aliphatic heterocycles. The SMILES string of the molecule is C=NN(C(=C1CCCC1)C(/C=C\C(=C)C)=C/C)c1cccc(C)n1. The molecule has 1 aromatic heterocycles. The molecule has 1 aromatic rings. The zero-order chi connectivity index (χ0) is 17.5. The number of aryl methyl sites for hydroxylation is 1. The Balaban J connectivity index is 2.55. The summed E-state index contributed by atoms with van der Waals surface area (Å²) >= 11 is 0. The zero-order valence-corrected chi connectivity index (χ0v) is 15.0. The number of pyridine rings is 1. The predicted octanol–water partition coefficient (Wildman–Crippen LogP) is 5.72. The van der Waals surface area contributed by atoms with Gasteiger partial charge >= 0.3 is 0 Å². The highest BCUT2D eigenvalue weighted by molar-refractivity contribution is 5.59. The minimum absolute atomic E-state index is 0.808. The average molecular weight is 321 g/mol. The monoisotopic (exact) mass is 321 g/mol. The van der Waals surface area contributed by atoms with Crippen molar-refractivity contribution in [3.63, 3.8) is 0 Å². The molecule has 126 valence electrons. The normalized spacial score (nSPS) is 15.0. The third kappa shape index (κ3) is 4.31. The Morgan fingerprint density at radius 1 is 1.25 bits per heavy atom. The van der Waals surface area contributed by atoms with E-state index in [0.29, 0.717) is 0 Å². The number of allylic oxidation sites excluding steroid dienone is 5. The van der Waals surface area contributed by atoms with E-state index in [1.54, 1.807) is 0 Å². The molecule has 0 N–H and O–H groups in total. The number of aromatic nitrogens is 1. The van der Waals surface area contributed by atoms with E-state index in [1.165, 1.54) is 18.4 Å². The van der Waals surface area contributed by atoms with E-state index in [2.05, 4.69) is 42.5 Å². The second-order valence-corrected chi connectivity index (χ2v) is 6.17. The van der Waals surface area contributed by atoms with Crippen LogP contribution in [0.2, 0.25) is 0 Å². The molecule has 24 heavy (non-hydrogen) atoms. The Morgan fingerprint density at radius 2 is 1.96 bits per heavy atom. The molecule has 1 aliphatic carbocycles. The maximum Gasteiger partial charge on any atom is 0.154 e. The topological polar surface area (TPSA) is 28.5 Å². The summed E-state index contributed by atoms with van der Waals surface area (Å²) in [6.45, 7) is 13.8. The van der Waals surface area contributed by atoms with Crippen LogP contribution in [0, 0.1) is 6.92 Å². The summed E-state index contributed by atoms with van der Waals surface area (Å²) in [5, 5.41) is 6.19. The van der Waals surface area contributed by atoms with Gasteiger partial charge in [0.05, 0.1) is 5.70 Å². The van der Waals surface area contributed by atoms with E-state index >= 15 is 0 Å². The highest BCUT2D eigenvalue weighted by atomic mass is 15.5. The van der Waals surface area contributed by atoms with Crippen LogP contribution in [0.15, 0.2) is 70.5 Å². The van der Waals surface area contributed by atoms with Crippen LogP contribution in [0.4, 0.5) is 5.82 Å². The molecule has 0 atom stereocenters. The predicted molar refractivity (Wildman–Crippen MR) is 104 cm³/mol.